The lowest BCUT2D eigenvalue weighted by Crippen LogP contribution is -2.10. The summed E-state index contributed by atoms with van der Waals surface area (Å²) in [4.78, 5) is 0. The van der Waals surface area contributed by atoms with Crippen LogP contribution in [0, 0.1) is 0 Å². The molecule has 1 fully saturated rings. The number of nitrogens with one attached hydrogen (secondary N) is 1. The lowest BCUT2D eigenvalue weighted by molar-refractivity contribution is 0.0993. The third-order valence-corrected chi connectivity index (χ3v) is 2.65. The third kappa shape index (κ3) is 3.00. The molecule has 0 bridgehead atoms. The number of aryl methyl sites for hydroxylation is 1. The molecule has 84 valence electrons. The molecule has 0 aromatic carbocycles. The van der Waals surface area contributed by atoms with Crippen LogP contribution in [0.5, 0.6) is 0 Å². The van der Waals surface area contributed by atoms with Crippen LogP contribution in [0.3, 0.4) is 0 Å². The van der Waals surface area contributed by atoms with Gasteiger partial charge in [0.25, 0.3) is 0 Å². The van der Waals surface area contributed by atoms with Crippen LogP contribution in [0.2, 0.25) is 0 Å². The second-order valence-electron chi connectivity index (χ2n) is 3.93. The number of hydrogen-bond donors (Lipinski definition) is 1. The molecule has 1 unspecified atom stereocenters. The van der Waals surface area contributed by atoms with Crippen LogP contribution >= 0.6 is 0 Å². The van der Waals surface area contributed by atoms with Crippen LogP contribution in [-0.2, 0) is 17.8 Å². The first-order valence-electron chi connectivity index (χ1n) is 5.53. The highest BCUT2D eigenvalue weighted by atomic mass is 16.5. The topological polar surface area (TPSA) is 52.0 Å². The van der Waals surface area contributed by atoms with Crippen molar-refractivity contribution in [2.24, 2.45) is 0 Å². The van der Waals surface area contributed by atoms with Gasteiger partial charge in [0.1, 0.15) is 0 Å². The Hall–Kier alpha value is -0.940. The Bertz CT molecular complexity index is 293. The molecule has 15 heavy (non-hydrogen) atoms. The van der Waals surface area contributed by atoms with Crippen LogP contribution in [0.25, 0.3) is 0 Å². The average molecular weight is 210 g/mol. The maximum Gasteiger partial charge on any atom is 0.0964 e. The Labute approximate surface area is 89.8 Å². The first-order valence-corrected chi connectivity index (χ1v) is 5.53. The van der Waals surface area contributed by atoms with E-state index in [2.05, 4.69) is 15.6 Å². The minimum absolute atomic E-state index is 0.432. The van der Waals surface area contributed by atoms with Crippen LogP contribution in [0.15, 0.2) is 6.20 Å². The van der Waals surface area contributed by atoms with E-state index in [1.54, 1.807) is 0 Å². The molecule has 2 rings (SSSR count). The molecule has 1 aromatic heterocycles. The fraction of sp³-hybridized carbons (Fsp3) is 0.800. The molecule has 1 aliphatic heterocycles. The van der Waals surface area contributed by atoms with Crippen molar-refractivity contribution in [3.05, 3.63) is 11.9 Å². The molecule has 0 saturated carbocycles. The van der Waals surface area contributed by atoms with Gasteiger partial charge in [-0.1, -0.05) is 5.21 Å². The number of nitrogens with zero attached hydrogens (tertiary/aromatic N) is 3. The smallest absolute Gasteiger partial charge is 0.0964 e. The molecule has 5 nitrogen and oxygen atoms in total. The van der Waals surface area contributed by atoms with E-state index in [4.69, 9.17) is 4.74 Å². The van der Waals surface area contributed by atoms with E-state index >= 15 is 0 Å². The Morgan fingerprint density at radius 2 is 2.60 bits per heavy atom. The number of ether oxygens (including phenoxy) is 1. The highest BCUT2D eigenvalue weighted by molar-refractivity contribution is 4.91. The molecule has 0 amide bonds. The molecule has 0 radical (unpaired) electrons. The summed E-state index contributed by atoms with van der Waals surface area (Å²) in [7, 11) is 1.91. The van der Waals surface area contributed by atoms with Crippen molar-refractivity contribution in [1.29, 1.82) is 0 Å². The monoisotopic (exact) mass is 210 g/mol. The minimum Gasteiger partial charge on any atom is -0.378 e. The fourth-order valence-corrected chi connectivity index (χ4v) is 1.86. The molecule has 1 atom stereocenters. The zero-order chi connectivity index (χ0) is 10.5. The van der Waals surface area contributed by atoms with Gasteiger partial charge >= 0.3 is 0 Å². The van der Waals surface area contributed by atoms with Crippen molar-refractivity contribution in [2.45, 2.75) is 38.5 Å². The SMILES string of the molecule is CNCc1cn(CCC2CCCO2)nn1. The minimum atomic E-state index is 0.432. The lowest BCUT2D eigenvalue weighted by atomic mass is 10.2. The zero-order valence-electron chi connectivity index (χ0n) is 9.15. The van der Waals surface area contributed by atoms with Gasteiger partial charge in [-0.15, -0.1) is 5.10 Å². The molecular weight excluding hydrogens is 192 g/mol. The zero-order valence-corrected chi connectivity index (χ0v) is 9.15. The summed E-state index contributed by atoms with van der Waals surface area (Å²) >= 11 is 0. The molecule has 1 aliphatic rings. The van der Waals surface area contributed by atoms with Crippen molar-refractivity contribution in [1.82, 2.24) is 20.3 Å². The Morgan fingerprint density at radius 3 is 3.33 bits per heavy atom. The lowest BCUT2D eigenvalue weighted by Gasteiger charge is -2.07. The average Bonchev–Trinajstić information content (AvgIpc) is 2.85. The van der Waals surface area contributed by atoms with Crippen LogP contribution < -0.4 is 5.32 Å². The van der Waals surface area contributed by atoms with E-state index in [-0.39, 0.29) is 0 Å². The van der Waals surface area contributed by atoms with Crippen molar-refractivity contribution in [2.75, 3.05) is 13.7 Å². The summed E-state index contributed by atoms with van der Waals surface area (Å²) in [6.07, 6.45) is 5.86. The largest absolute Gasteiger partial charge is 0.378 e. The van der Waals surface area contributed by atoms with Crippen LogP contribution in [0.1, 0.15) is 25.0 Å². The Kier molecular flexibility index (Phi) is 3.69. The van der Waals surface area contributed by atoms with Crippen molar-refractivity contribution < 1.29 is 4.74 Å². The number of aromatic nitrogens is 3. The predicted octanol–water partition coefficient (Wildman–Crippen LogP) is 0.567. The van der Waals surface area contributed by atoms with Gasteiger partial charge in [-0.05, 0) is 26.3 Å². The Morgan fingerprint density at radius 1 is 1.67 bits per heavy atom. The summed E-state index contributed by atoms with van der Waals surface area (Å²) in [5.41, 5.74) is 0.991. The van der Waals surface area contributed by atoms with E-state index < -0.39 is 0 Å². The molecule has 1 N–H and O–H groups in total. The van der Waals surface area contributed by atoms with Gasteiger partial charge in [0.05, 0.1) is 11.8 Å². The van der Waals surface area contributed by atoms with Crippen molar-refractivity contribution in [3.8, 4) is 0 Å². The molecule has 2 heterocycles. The molecule has 1 saturated heterocycles. The Balaban J connectivity index is 1.77. The fourth-order valence-electron chi connectivity index (χ4n) is 1.86. The summed E-state index contributed by atoms with van der Waals surface area (Å²) < 4.78 is 7.45. The van der Waals surface area contributed by atoms with Crippen LogP contribution in [-0.4, -0.2) is 34.8 Å². The van der Waals surface area contributed by atoms with E-state index in [9.17, 15) is 0 Å². The maximum atomic E-state index is 5.56. The maximum absolute atomic E-state index is 5.56. The molecule has 5 heteroatoms. The first kappa shape index (κ1) is 10.6. The summed E-state index contributed by atoms with van der Waals surface area (Å²) in [6, 6.07) is 0. The highest BCUT2D eigenvalue weighted by Crippen LogP contribution is 2.15. The van der Waals surface area contributed by atoms with Crippen molar-refractivity contribution in [3.63, 3.8) is 0 Å². The van der Waals surface area contributed by atoms with E-state index in [1.807, 2.05) is 17.9 Å². The second kappa shape index (κ2) is 5.23. The normalized spacial score (nSPS) is 21.0. The quantitative estimate of drug-likeness (QED) is 0.772. The molecule has 1 aromatic rings. The van der Waals surface area contributed by atoms with Crippen molar-refractivity contribution >= 4 is 0 Å². The van der Waals surface area contributed by atoms with E-state index in [0.717, 1.165) is 31.8 Å². The predicted molar refractivity (Wildman–Crippen MR) is 56.4 cm³/mol. The number of rotatable bonds is 5. The molecular formula is C10H18N4O. The van der Waals surface area contributed by atoms with Gasteiger partial charge in [-0.3, -0.25) is 4.68 Å². The van der Waals surface area contributed by atoms with E-state index in [1.165, 1.54) is 12.8 Å². The molecule has 0 spiro atoms. The first-order chi connectivity index (χ1) is 7.38. The summed E-state index contributed by atoms with van der Waals surface area (Å²) in [5.74, 6) is 0. The van der Waals surface area contributed by atoms with E-state index in [0.29, 0.717) is 6.10 Å². The van der Waals surface area contributed by atoms with Gasteiger partial charge in [-0.2, -0.15) is 0 Å². The van der Waals surface area contributed by atoms with Gasteiger partial charge < -0.3 is 10.1 Å². The van der Waals surface area contributed by atoms with Gasteiger partial charge in [0.2, 0.25) is 0 Å². The summed E-state index contributed by atoms with van der Waals surface area (Å²) in [6.45, 7) is 2.61. The van der Waals surface area contributed by atoms with Crippen LogP contribution in [0.4, 0.5) is 0 Å². The second-order valence-corrected chi connectivity index (χ2v) is 3.93. The van der Waals surface area contributed by atoms with Gasteiger partial charge in [0, 0.05) is 25.9 Å². The number of hydrogen-bond acceptors (Lipinski definition) is 4. The highest BCUT2D eigenvalue weighted by Gasteiger charge is 2.15. The molecule has 0 aliphatic carbocycles. The summed E-state index contributed by atoms with van der Waals surface area (Å²) in [5, 5.41) is 11.2. The third-order valence-electron chi connectivity index (χ3n) is 2.65. The van der Waals surface area contributed by atoms with Gasteiger partial charge in [0.15, 0.2) is 0 Å². The standard InChI is InChI=1S/C10H18N4O/c1-11-7-9-8-14(13-12-9)5-4-10-3-2-6-15-10/h8,10-11H,2-7H2,1H3. The van der Waals surface area contributed by atoms with Gasteiger partial charge in [-0.25, -0.2) is 0 Å².